The highest BCUT2D eigenvalue weighted by atomic mass is 16.5. The van der Waals surface area contributed by atoms with Crippen LogP contribution in [0, 0.1) is 6.92 Å². The number of hydrogen-bond donors (Lipinski definition) is 0. The number of benzene rings is 1. The van der Waals surface area contributed by atoms with Gasteiger partial charge in [0.05, 0.1) is 19.8 Å². The second-order valence-electron chi connectivity index (χ2n) is 8.04. The molecule has 166 valence electrons. The van der Waals surface area contributed by atoms with Crippen LogP contribution in [0.5, 0.6) is 11.5 Å². The van der Waals surface area contributed by atoms with Crippen molar-refractivity contribution in [3.8, 4) is 11.5 Å². The number of nitrogens with zero attached hydrogens (tertiary/aromatic N) is 5. The van der Waals surface area contributed by atoms with Crippen LogP contribution < -0.4 is 19.3 Å². The van der Waals surface area contributed by atoms with Crippen LogP contribution >= 0.6 is 0 Å². The summed E-state index contributed by atoms with van der Waals surface area (Å²) in [7, 11) is 3.14. The molecule has 2 fully saturated rings. The molecule has 0 radical (unpaired) electrons. The minimum atomic E-state index is -0.0386. The van der Waals surface area contributed by atoms with Gasteiger partial charge in [0.25, 0.3) is 5.91 Å². The van der Waals surface area contributed by atoms with Crippen LogP contribution in [0.3, 0.4) is 0 Å². The lowest BCUT2D eigenvalue weighted by molar-refractivity contribution is 0.0742. The summed E-state index contributed by atoms with van der Waals surface area (Å²) in [6.45, 7) is 6.78. The van der Waals surface area contributed by atoms with E-state index in [9.17, 15) is 4.79 Å². The zero-order valence-corrected chi connectivity index (χ0v) is 18.6. The van der Waals surface area contributed by atoms with Crippen molar-refractivity contribution in [2.24, 2.45) is 0 Å². The molecule has 8 heteroatoms. The lowest BCUT2D eigenvalue weighted by atomic mass is 10.1. The number of anilines is 2. The minimum absolute atomic E-state index is 0.0386. The van der Waals surface area contributed by atoms with Gasteiger partial charge in [0.2, 0.25) is 5.95 Å². The van der Waals surface area contributed by atoms with Crippen LogP contribution in [-0.2, 0) is 0 Å². The molecule has 0 bridgehead atoms. The quantitative estimate of drug-likeness (QED) is 0.729. The van der Waals surface area contributed by atoms with Gasteiger partial charge in [-0.05, 0) is 38.3 Å². The number of carbonyl (C=O) groups is 1. The molecule has 1 aromatic carbocycles. The molecule has 0 aliphatic carbocycles. The summed E-state index contributed by atoms with van der Waals surface area (Å²) in [4.78, 5) is 29.1. The van der Waals surface area contributed by atoms with E-state index in [1.54, 1.807) is 26.4 Å². The average Bonchev–Trinajstić information content (AvgIpc) is 2.83. The van der Waals surface area contributed by atoms with Crippen LogP contribution in [0.25, 0.3) is 0 Å². The standard InChI is InChI=1S/C23H31N5O3/c1-17-16-20(25-23(24-17)28-10-5-4-6-11-28)26-12-14-27(15-13-26)22(29)18-8-7-9-19(30-2)21(18)31-3/h7-9,16H,4-6,10-15H2,1-3H3. The van der Waals surface area contributed by atoms with Crippen LogP contribution in [0.4, 0.5) is 11.8 Å². The number of aryl methyl sites for hydroxylation is 1. The second-order valence-corrected chi connectivity index (χ2v) is 8.04. The Balaban J connectivity index is 1.46. The topological polar surface area (TPSA) is 71.0 Å². The van der Waals surface area contributed by atoms with E-state index < -0.39 is 0 Å². The van der Waals surface area contributed by atoms with Crippen molar-refractivity contribution >= 4 is 17.7 Å². The van der Waals surface area contributed by atoms with Gasteiger partial charge in [-0.25, -0.2) is 4.98 Å². The fraction of sp³-hybridized carbons (Fsp3) is 0.522. The number of para-hydroxylation sites is 1. The minimum Gasteiger partial charge on any atom is -0.493 e. The highest BCUT2D eigenvalue weighted by molar-refractivity contribution is 5.98. The lowest BCUT2D eigenvalue weighted by Gasteiger charge is -2.36. The number of aromatic nitrogens is 2. The van der Waals surface area contributed by atoms with E-state index in [1.807, 2.05) is 24.0 Å². The Bertz CT molecular complexity index is 921. The Labute approximate surface area is 183 Å². The Morgan fingerprint density at radius 2 is 1.65 bits per heavy atom. The third-order valence-electron chi connectivity index (χ3n) is 5.99. The molecule has 2 aliphatic heterocycles. The predicted molar refractivity (Wildman–Crippen MR) is 120 cm³/mol. The zero-order valence-electron chi connectivity index (χ0n) is 18.6. The molecular formula is C23H31N5O3. The van der Waals surface area contributed by atoms with Gasteiger partial charge >= 0.3 is 0 Å². The molecule has 0 atom stereocenters. The van der Waals surface area contributed by atoms with Gasteiger partial charge in [-0.15, -0.1) is 0 Å². The fourth-order valence-corrected chi connectivity index (χ4v) is 4.30. The van der Waals surface area contributed by atoms with E-state index >= 15 is 0 Å². The van der Waals surface area contributed by atoms with Gasteiger partial charge in [-0.3, -0.25) is 4.79 Å². The number of piperazine rings is 1. The molecule has 0 spiro atoms. The number of piperidine rings is 1. The number of carbonyl (C=O) groups excluding carboxylic acids is 1. The van der Waals surface area contributed by atoms with E-state index in [0.717, 1.165) is 43.6 Å². The fourth-order valence-electron chi connectivity index (χ4n) is 4.30. The van der Waals surface area contributed by atoms with Crippen LogP contribution in [0.1, 0.15) is 35.3 Å². The normalized spacial score (nSPS) is 16.9. The van der Waals surface area contributed by atoms with Crippen molar-refractivity contribution in [3.05, 3.63) is 35.5 Å². The number of amides is 1. The third kappa shape index (κ3) is 4.52. The van der Waals surface area contributed by atoms with Crippen molar-refractivity contribution in [1.29, 1.82) is 0 Å². The first-order valence-electron chi connectivity index (χ1n) is 11.0. The number of methoxy groups -OCH3 is 2. The summed E-state index contributed by atoms with van der Waals surface area (Å²) < 4.78 is 10.8. The van der Waals surface area contributed by atoms with Crippen LogP contribution in [0.15, 0.2) is 24.3 Å². The molecule has 0 saturated carbocycles. The number of ether oxygens (including phenoxy) is 2. The first-order valence-corrected chi connectivity index (χ1v) is 11.0. The van der Waals surface area contributed by atoms with Gasteiger partial charge in [-0.2, -0.15) is 4.98 Å². The van der Waals surface area contributed by atoms with Crippen LogP contribution in [-0.4, -0.2) is 74.3 Å². The smallest absolute Gasteiger partial charge is 0.257 e. The third-order valence-corrected chi connectivity index (χ3v) is 5.99. The average molecular weight is 426 g/mol. The summed E-state index contributed by atoms with van der Waals surface area (Å²) >= 11 is 0. The maximum absolute atomic E-state index is 13.1. The van der Waals surface area contributed by atoms with E-state index in [1.165, 1.54) is 19.3 Å². The maximum atomic E-state index is 13.1. The molecule has 2 aliphatic rings. The van der Waals surface area contributed by atoms with Gasteiger partial charge in [0.1, 0.15) is 5.82 Å². The van der Waals surface area contributed by atoms with Gasteiger partial charge in [-0.1, -0.05) is 6.07 Å². The molecular weight excluding hydrogens is 394 g/mol. The van der Waals surface area contributed by atoms with Crippen molar-refractivity contribution in [2.75, 3.05) is 63.3 Å². The number of hydrogen-bond acceptors (Lipinski definition) is 7. The maximum Gasteiger partial charge on any atom is 0.257 e. The molecule has 31 heavy (non-hydrogen) atoms. The summed E-state index contributed by atoms with van der Waals surface area (Å²) in [5.74, 6) is 2.78. The van der Waals surface area contributed by atoms with Crippen molar-refractivity contribution in [3.63, 3.8) is 0 Å². The number of rotatable bonds is 5. The molecule has 3 heterocycles. The Hall–Kier alpha value is -3.03. The summed E-state index contributed by atoms with van der Waals surface area (Å²) in [6, 6.07) is 7.44. The van der Waals surface area contributed by atoms with Gasteiger partial charge in [0.15, 0.2) is 11.5 Å². The van der Waals surface area contributed by atoms with E-state index in [0.29, 0.717) is 30.2 Å². The van der Waals surface area contributed by atoms with Crippen molar-refractivity contribution in [2.45, 2.75) is 26.2 Å². The molecule has 1 amide bonds. The Morgan fingerprint density at radius 1 is 0.903 bits per heavy atom. The summed E-state index contributed by atoms with van der Waals surface area (Å²) in [6.07, 6.45) is 3.67. The first kappa shape index (κ1) is 21.2. The Kier molecular flexibility index (Phi) is 6.44. The van der Waals surface area contributed by atoms with Crippen LogP contribution in [0.2, 0.25) is 0 Å². The highest BCUT2D eigenvalue weighted by Crippen LogP contribution is 2.32. The lowest BCUT2D eigenvalue weighted by Crippen LogP contribution is -2.49. The Morgan fingerprint density at radius 3 is 2.32 bits per heavy atom. The molecule has 0 unspecified atom stereocenters. The van der Waals surface area contributed by atoms with E-state index in [-0.39, 0.29) is 5.91 Å². The molecule has 4 rings (SSSR count). The van der Waals surface area contributed by atoms with Gasteiger partial charge < -0.3 is 24.2 Å². The monoisotopic (exact) mass is 425 g/mol. The SMILES string of the molecule is COc1cccc(C(=O)N2CCN(c3cc(C)nc(N4CCCCC4)n3)CC2)c1OC. The first-order chi connectivity index (χ1) is 15.1. The van der Waals surface area contributed by atoms with Gasteiger partial charge in [0, 0.05) is 51.0 Å². The van der Waals surface area contributed by atoms with E-state index in [4.69, 9.17) is 14.5 Å². The second kappa shape index (κ2) is 9.41. The zero-order chi connectivity index (χ0) is 21.8. The summed E-state index contributed by atoms with van der Waals surface area (Å²) in [5, 5.41) is 0. The van der Waals surface area contributed by atoms with Crippen molar-refractivity contribution in [1.82, 2.24) is 14.9 Å². The van der Waals surface area contributed by atoms with Crippen molar-refractivity contribution < 1.29 is 14.3 Å². The summed E-state index contributed by atoms with van der Waals surface area (Å²) in [5.41, 5.74) is 1.51. The molecule has 2 aromatic rings. The largest absolute Gasteiger partial charge is 0.493 e. The molecule has 1 aromatic heterocycles. The van der Waals surface area contributed by atoms with E-state index in [2.05, 4.69) is 14.8 Å². The highest BCUT2D eigenvalue weighted by Gasteiger charge is 2.27. The molecule has 2 saturated heterocycles. The molecule has 0 N–H and O–H groups in total. The molecule has 8 nitrogen and oxygen atoms in total. The predicted octanol–water partition coefficient (Wildman–Crippen LogP) is 2.75.